The van der Waals surface area contributed by atoms with Crippen LogP contribution in [0.1, 0.15) is 20.3 Å². The zero-order valence-corrected chi connectivity index (χ0v) is 10.4. The minimum Gasteiger partial charge on any atom is -0.381 e. The van der Waals surface area contributed by atoms with E-state index in [-0.39, 0.29) is 5.54 Å². The average Bonchev–Trinajstić information content (AvgIpc) is 2.82. The standard InChI is InChI=1S/C12H24N2O2/c1-10-7-14(4-6-16-10)12(2,9-13)11-3-5-15-8-11/h10-11H,3-9,13H2,1-2H3. The van der Waals surface area contributed by atoms with Gasteiger partial charge < -0.3 is 15.2 Å². The maximum Gasteiger partial charge on any atom is 0.0674 e. The molecular formula is C12H24N2O2. The Bertz CT molecular complexity index is 231. The third kappa shape index (κ3) is 2.25. The van der Waals surface area contributed by atoms with Gasteiger partial charge in [0.25, 0.3) is 0 Å². The van der Waals surface area contributed by atoms with Crippen LogP contribution >= 0.6 is 0 Å². The van der Waals surface area contributed by atoms with Crippen LogP contribution in [0.2, 0.25) is 0 Å². The van der Waals surface area contributed by atoms with E-state index < -0.39 is 0 Å². The van der Waals surface area contributed by atoms with Crippen LogP contribution in [0.15, 0.2) is 0 Å². The maximum absolute atomic E-state index is 6.03. The first-order valence-electron chi connectivity index (χ1n) is 6.31. The number of hydrogen-bond acceptors (Lipinski definition) is 4. The minimum atomic E-state index is 0.0779. The van der Waals surface area contributed by atoms with Gasteiger partial charge >= 0.3 is 0 Å². The van der Waals surface area contributed by atoms with Crippen molar-refractivity contribution in [3.8, 4) is 0 Å². The van der Waals surface area contributed by atoms with Gasteiger partial charge in [0.15, 0.2) is 0 Å². The van der Waals surface area contributed by atoms with Crippen LogP contribution in [-0.4, -0.2) is 56.0 Å². The lowest BCUT2D eigenvalue weighted by Crippen LogP contribution is -2.61. The monoisotopic (exact) mass is 228 g/mol. The van der Waals surface area contributed by atoms with Crippen molar-refractivity contribution < 1.29 is 9.47 Å². The minimum absolute atomic E-state index is 0.0779. The fourth-order valence-corrected chi connectivity index (χ4v) is 2.86. The number of morpholine rings is 1. The predicted molar refractivity (Wildman–Crippen MR) is 63.4 cm³/mol. The lowest BCUT2D eigenvalue weighted by Gasteiger charge is -2.47. The molecule has 0 amide bonds. The van der Waals surface area contributed by atoms with E-state index in [9.17, 15) is 0 Å². The van der Waals surface area contributed by atoms with Gasteiger partial charge in [0.1, 0.15) is 0 Å². The van der Waals surface area contributed by atoms with Crippen molar-refractivity contribution in [3.05, 3.63) is 0 Å². The summed E-state index contributed by atoms with van der Waals surface area (Å²) in [5.41, 5.74) is 6.10. The summed E-state index contributed by atoms with van der Waals surface area (Å²) in [6.45, 7) is 9.68. The lowest BCUT2D eigenvalue weighted by molar-refractivity contribution is -0.0724. The fourth-order valence-electron chi connectivity index (χ4n) is 2.86. The summed E-state index contributed by atoms with van der Waals surface area (Å²) in [6, 6.07) is 0. The van der Waals surface area contributed by atoms with E-state index in [1.807, 2.05) is 0 Å². The van der Waals surface area contributed by atoms with Gasteiger partial charge in [-0.25, -0.2) is 0 Å². The van der Waals surface area contributed by atoms with Gasteiger partial charge in [-0.2, -0.15) is 0 Å². The second kappa shape index (κ2) is 5.00. The van der Waals surface area contributed by atoms with Gasteiger partial charge in [-0.15, -0.1) is 0 Å². The largest absolute Gasteiger partial charge is 0.381 e. The average molecular weight is 228 g/mol. The highest BCUT2D eigenvalue weighted by Gasteiger charge is 2.41. The van der Waals surface area contributed by atoms with E-state index in [1.54, 1.807) is 0 Å². The van der Waals surface area contributed by atoms with Crippen molar-refractivity contribution in [2.75, 3.05) is 39.5 Å². The van der Waals surface area contributed by atoms with Gasteiger partial charge in [0.05, 0.1) is 19.3 Å². The highest BCUT2D eigenvalue weighted by Crippen LogP contribution is 2.31. The van der Waals surface area contributed by atoms with Crippen molar-refractivity contribution in [2.24, 2.45) is 11.7 Å². The van der Waals surface area contributed by atoms with Crippen molar-refractivity contribution in [1.82, 2.24) is 4.90 Å². The van der Waals surface area contributed by atoms with Crippen molar-refractivity contribution in [2.45, 2.75) is 31.9 Å². The maximum atomic E-state index is 6.03. The Morgan fingerprint density at radius 3 is 2.81 bits per heavy atom. The van der Waals surface area contributed by atoms with E-state index in [4.69, 9.17) is 15.2 Å². The first-order valence-corrected chi connectivity index (χ1v) is 6.31. The third-order valence-corrected chi connectivity index (χ3v) is 4.19. The molecule has 0 aromatic heterocycles. The molecule has 2 fully saturated rings. The predicted octanol–water partition coefficient (Wildman–Crippen LogP) is 0.461. The fraction of sp³-hybridized carbons (Fsp3) is 1.00. The second-order valence-corrected chi connectivity index (χ2v) is 5.25. The molecule has 0 aromatic carbocycles. The molecule has 16 heavy (non-hydrogen) atoms. The molecule has 3 atom stereocenters. The van der Waals surface area contributed by atoms with Crippen LogP contribution in [0, 0.1) is 5.92 Å². The summed E-state index contributed by atoms with van der Waals surface area (Å²) in [6.07, 6.45) is 1.46. The molecule has 0 bridgehead atoms. The van der Waals surface area contributed by atoms with Gasteiger partial charge in [0.2, 0.25) is 0 Å². The van der Waals surface area contributed by atoms with Gasteiger partial charge in [-0.3, -0.25) is 4.90 Å². The Kier molecular flexibility index (Phi) is 3.85. The Morgan fingerprint density at radius 2 is 2.25 bits per heavy atom. The molecule has 4 heteroatoms. The summed E-state index contributed by atoms with van der Waals surface area (Å²) in [7, 11) is 0. The molecule has 2 saturated heterocycles. The summed E-state index contributed by atoms with van der Waals surface area (Å²) in [4.78, 5) is 2.50. The molecular weight excluding hydrogens is 204 g/mol. The number of hydrogen-bond donors (Lipinski definition) is 1. The lowest BCUT2D eigenvalue weighted by atomic mass is 9.82. The van der Waals surface area contributed by atoms with Crippen LogP contribution in [-0.2, 0) is 9.47 Å². The first-order chi connectivity index (χ1) is 7.66. The van der Waals surface area contributed by atoms with E-state index >= 15 is 0 Å². The summed E-state index contributed by atoms with van der Waals surface area (Å²) in [5.74, 6) is 0.572. The van der Waals surface area contributed by atoms with Crippen LogP contribution < -0.4 is 5.73 Å². The number of ether oxygens (including phenoxy) is 2. The highest BCUT2D eigenvalue weighted by molar-refractivity contribution is 4.96. The zero-order chi connectivity index (χ0) is 11.6. The van der Waals surface area contributed by atoms with Crippen LogP contribution in [0.25, 0.3) is 0 Å². The number of nitrogens with zero attached hydrogens (tertiary/aromatic N) is 1. The molecule has 2 rings (SSSR count). The molecule has 0 saturated carbocycles. The molecule has 0 spiro atoms. The topological polar surface area (TPSA) is 47.7 Å². The molecule has 0 radical (unpaired) electrons. The SMILES string of the molecule is CC1CN(C(C)(CN)C2CCOC2)CCO1. The molecule has 94 valence electrons. The molecule has 2 aliphatic rings. The summed E-state index contributed by atoms with van der Waals surface area (Å²) >= 11 is 0. The van der Waals surface area contributed by atoms with E-state index in [1.165, 1.54) is 0 Å². The Morgan fingerprint density at radius 1 is 1.44 bits per heavy atom. The molecule has 2 N–H and O–H groups in total. The molecule has 2 aliphatic heterocycles. The Labute approximate surface area is 98.1 Å². The van der Waals surface area contributed by atoms with Crippen molar-refractivity contribution >= 4 is 0 Å². The van der Waals surface area contributed by atoms with E-state index in [2.05, 4.69) is 18.7 Å². The smallest absolute Gasteiger partial charge is 0.0674 e. The van der Waals surface area contributed by atoms with Gasteiger partial charge in [0, 0.05) is 37.7 Å². The summed E-state index contributed by atoms with van der Waals surface area (Å²) in [5, 5.41) is 0. The van der Waals surface area contributed by atoms with Crippen LogP contribution in [0.5, 0.6) is 0 Å². The molecule has 0 aromatic rings. The Balaban J connectivity index is 2.06. The molecule has 2 heterocycles. The van der Waals surface area contributed by atoms with Gasteiger partial charge in [-0.05, 0) is 20.3 Å². The van der Waals surface area contributed by atoms with Crippen molar-refractivity contribution in [1.29, 1.82) is 0 Å². The number of rotatable bonds is 3. The molecule has 4 nitrogen and oxygen atoms in total. The van der Waals surface area contributed by atoms with E-state index in [0.717, 1.165) is 39.3 Å². The first kappa shape index (κ1) is 12.3. The normalized spacial score (nSPS) is 36.2. The van der Waals surface area contributed by atoms with Crippen LogP contribution in [0.4, 0.5) is 0 Å². The Hall–Kier alpha value is -0.160. The quantitative estimate of drug-likeness (QED) is 0.762. The third-order valence-electron chi connectivity index (χ3n) is 4.19. The molecule has 3 unspecified atom stereocenters. The molecule has 0 aliphatic carbocycles. The van der Waals surface area contributed by atoms with Crippen molar-refractivity contribution in [3.63, 3.8) is 0 Å². The highest BCUT2D eigenvalue weighted by atomic mass is 16.5. The second-order valence-electron chi connectivity index (χ2n) is 5.25. The zero-order valence-electron chi connectivity index (χ0n) is 10.4. The van der Waals surface area contributed by atoms with Gasteiger partial charge in [-0.1, -0.05) is 0 Å². The van der Waals surface area contributed by atoms with Crippen LogP contribution in [0.3, 0.4) is 0 Å². The summed E-state index contributed by atoms with van der Waals surface area (Å²) < 4.78 is 11.1. The number of nitrogens with two attached hydrogens (primary N) is 1. The van der Waals surface area contributed by atoms with E-state index in [0.29, 0.717) is 18.6 Å².